The van der Waals surface area contributed by atoms with Crippen molar-refractivity contribution in [2.75, 3.05) is 6.54 Å². The first-order valence-corrected chi connectivity index (χ1v) is 5.19. The molecule has 1 atom stereocenters. The van der Waals surface area contributed by atoms with E-state index in [1.54, 1.807) is 6.07 Å². The summed E-state index contributed by atoms with van der Waals surface area (Å²) < 4.78 is 5.41. The number of carbonyl (C=O) groups excluding carboxylic acids is 1. The molecule has 0 spiro atoms. The number of carbonyl (C=O) groups is 1. The predicted molar refractivity (Wildman–Crippen MR) is 62.2 cm³/mol. The lowest BCUT2D eigenvalue weighted by atomic mass is 10.2. The lowest BCUT2D eigenvalue weighted by Gasteiger charge is -2.05. The predicted octanol–water partition coefficient (Wildman–Crippen LogP) is 1.51. The third kappa shape index (κ3) is 2.23. The number of fused-ring (bicyclic) bond motifs is 1. The Hall–Kier alpha value is -1.81. The number of hydrogen-bond acceptors (Lipinski definition) is 3. The maximum Gasteiger partial charge on any atom is 0.287 e. The molecule has 0 unspecified atom stereocenters. The molecule has 84 valence electrons. The second-order valence-electron chi connectivity index (χ2n) is 3.84. The molecule has 3 N–H and O–H groups in total. The van der Waals surface area contributed by atoms with Crippen molar-refractivity contribution >= 4 is 16.9 Å². The molecule has 0 aliphatic rings. The van der Waals surface area contributed by atoms with Crippen LogP contribution in [0.2, 0.25) is 0 Å². The average molecular weight is 218 g/mol. The molecule has 0 radical (unpaired) electrons. The fourth-order valence-electron chi connectivity index (χ4n) is 1.43. The van der Waals surface area contributed by atoms with E-state index in [2.05, 4.69) is 5.32 Å². The Morgan fingerprint density at radius 1 is 1.50 bits per heavy atom. The number of furan rings is 1. The highest BCUT2D eigenvalue weighted by molar-refractivity contribution is 5.96. The number of nitrogens with two attached hydrogens (primary N) is 1. The smallest absolute Gasteiger partial charge is 0.287 e. The van der Waals surface area contributed by atoms with Crippen LogP contribution in [0.5, 0.6) is 0 Å². The first-order chi connectivity index (χ1) is 7.66. The van der Waals surface area contributed by atoms with E-state index in [0.717, 1.165) is 5.39 Å². The van der Waals surface area contributed by atoms with E-state index in [1.165, 1.54) is 0 Å². The Labute approximate surface area is 93.4 Å². The fraction of sp³-hybridized carbons (Fsp3) is 0.250. The summed E-state index contributed by atoms with van der Waals surface area (Å²) in [5.74, 6) is 0.0929. The molecule has 4 heteroatoms. The quantitative estimate of drug-likeness (QED) is 0.820. The second-order valence-corrected chi connectivity index (χ2v) is 3.84. The molecule has 0 fully saturated rings. The van der Waals surface area contributed by atoms with Crippen LogP contribution in [0, 0.1) is 0 Å². The van der Waals surface area contributed by atoms with Crippen molar-refractivity contribution < 1.29 is 9.21 Å². The van der Waals surface area contributed by atoms with Crippen LogP contribution in [0.25, 0.3) is 11.0 Å². The largest absolute Gasteiger partial charge is 0.451 e. The minimum Gasteiger partial charge on any atom is -0.451 e. The molecule has 0 saturated carbocycles. The van der Waals surface area contributed by atoms with E-state index in [4.69, 9.17) is 10.2 Å². The van der Waals surface area contributed by atoms with Crippen molar-refractivity contribution in [3.63, 3.8) is 0 Å². The molecular formula is C12H14N2O2. The van der Waals surface area contributed by atoms with Gasteiger partial charge in [-0.2, -0.15) is 0 Å². The van der Waals surface area contributed by atoms with Crippen LogP contribution in [0.4, 0.5) is 0 Å². The van der Waals surface area contributed by atoms with Gasteiger partial charge >= 0.3 is 0 Å². The van der Waals surface area contributed by atoms with Crippen molar-refractivity contribution in [3.05, 3.63) is 36.1 Å². The Balaban J connectivity index is 2.17. The number of para-hydroxylation sites is 1. The number of amides is 1. The molecule has 0 aliphatic carbocycles. The van der Waals surface area contributed by atoms with Crippen molar-refractivity contribution in [2.24, 2.45) is 5.73 Å². The number of benzene rings is 1. The fourth-order valence-corrected chi connectivity index (χ4v) is 1.43. The molecule has 0 bridgehead atoms. The molecule has 4 nitrogen and oxygen atoms in total. The Morgan fingerprint density at radius 2 is 2.25 bits per heavy atom. The van der Waals surface area contributed by atoms with Gasteiger partial charge in [-0.1, -0.05) is 18.2 Å². The second kappa shape index (κ2) is 4.37. The molecule has 2 aromatic rings. The summed E-state index contributed by atoms with van der Waals surface area (Å²) in [5.41, 5.74) is 6.26. The van der Waals surface area contributed by atoms with Crippen molar-refractivity contribution in [2.45, 2.75) is 13.0 Å². The van der Waals surface area contributed by atoms with Crippen molar-refractivity contribution in [1.82, 2.24) is 5.32 Å². The van der Waals surface area contributed by atoms with E-state index in [9.17, 15) is 4.79 Å². The third-order valence-corrected chi connectivity index (χ3v) is 2.23. The van der Waals surface area contributed by atoms with Crippen LogP contribution in [0.3, 0.4) is 0 Å². The van der Waals surface area contributed by atoms with Crippen molar-refractivity contribution in [3.8, 4) is 0 Å². The van der Waals surface area contributed by atoms with Crippen LogP contribution in [0.1, 0.15) is 17.5 Å². The maximum absolute atomic E-state index is 11.7. The minimum atomic E-state index is -0.228. The van der Waals surface area contributed by atoms with E-state index >= 15 is 0 Å². The van der Waals surface area contributed by atoms with Gasteiger partial charge in [-0.05, 0) is 19.1 Å². The Bertz CT molecular complexity index is 469. The molecule has 1 heterocycles. The first-order valence-electron chi connectivity index (χ1n) is 5.19. The van der Waals surface area contributed by atoms with Gasteiger partial charge in [0.15, 0.2) is 5.76 Å². The lowest BCUT2D eigenvalue weighted by molar-refractivity contribution is 0.0926. The summed E-state index contributed by atoms with van der Waals surface area (Å²) in [4.78, 5) is 11.7. The van der Waals surface area contributed by atoms with Gasteiger partial charge in [-0.3, -0.25) is 4.79 Å². The summed E-state index contributed by atoms with van der Waals surface area (Å²) in [6.07, 6.45) is 0. The minimum absolute atomic E-state index is 0.0617. The van der Waals surface area contributed by atoms with Gasteiger partial charge in [0.1, 0.15) is 5.58 Å². The van der Waals surface area contributed by atoms with Crippen LogP contribution in [-0.2, 0) is 0 Å². The monoisotopic (exact) mass is 218 g/mol. The molecule has 0 aliphatic heterocycles. The van der Waals surface area contributed by atoms with Crippen LogP contribution < -0.4 is 11.1 Å². The molecular weight excluding hydrogens is 204 g/mol. The van der Waals surface area contributed by atoms with Gasteiger partial charge < -0.3 is 15.5 Å². The summed E-state index contributed by atoms with van der Waals surface area (Å²) in [6.45, 7) is 2.27. The van der Waals surface area contributed by atoms with Gasteiger partial charge in [0, 0.05) is 18.0 Å². The average Bonchev–Trinajstić information content (AvgIpc) is 2.69. The Morgan fingerprint density at radius 3 is 2.94 bits per heavy atom. The van der Waals surface area contributed by atoms with Crippen LogP contribution >= 0.6 is 0 Å². The molecule has 1 aromatic heterocycles. The first kappa shape index (κ1) is 10.7. The van der Waals surface area contributed by atoms with Gasteiger partial charge in [0.2, 0.25) is 0 Å². The molecule has 1 amide bonds. The standard InChI is InChI=1S/C12H14N2O2/c1-8(13)7-14-12(15)11-6-9-4-2-3-5-10(9)16-11/h2-6,8H,7,13H2,1H3,(H,14,15)/t8-/m1/s1. The summed E-state index contributed by atoms with van der Waals surface area (Å²) in [6, 6.07) is 9.18. The molecule has 16 heavy (non-hydrogen) atoms. The van der Waals surface area contributed by atoms with Gasteiger partial charge in [-0.15, -0.1) is 0 Å². The normalized spacial score (nSPS) is 12.6. The summed E-state index contributed by atoms with van der Waals surface area (Å²) >= 11 is 0. The topological polar surface area (TPSA) is 68.3 Å². The summed E-state index contributed by atoms with van der Waals surface area (Å²) in [7, 11) is 0. The van der Waals surface area contributed by atoms with E-state index < -0.39 is 0 Å². The number of hydrogen-bond donors (Lipinski definition) is 2. The highest BCUT2D eigenvalue weighted by atomic mass is 16.3. The Kier molecular flexibility index (Phi) is 2.92. The SMILES string of the molecule is C[C@@H](N)CNC(=O)c1cc2ccccc2o1. The zero-order valence-electron chi connectivity index (χ0n) is 9.07. The van der Waals surface area contributed by atoms with Crippen LogP contribution in [-0.4, -0.2) is 18.5 Å². The van der Waals surface area contributed by atoms with Crippen molar-refractivity contribution in [1.29, 1.82) is 0 Å². The zero-order chi connectivity index (χ0) is 11.5. The highest BCUT2D eigenvalue weighted by Crippen LogP contribution is 2.18. The maximum atomic E-state index is 11.7. The number of rotatable bonds is 3. The van der Waals surface area contributed by atoms with Gasteiger partial charge in [0.25, 0.3) is 5.91 Å². The zero-order valence-corrected chi connectivity index (χ0v) is 9.07. The lowest BCUT2D eigenvalue weighted by Crippen LogP contribution is -2.34. The molecule has 1 aromatic carbocycles. The molecule has 0 saturated heterocycles. The summed E-state index contributed by atoms with van der Waals surface area (Å²) in [5, 5.41) is 3.63. The van der Waals surface area contributed by atoms with E-state index in [-0.39, 0.29) is 11.9 Å². The van der Waals surface area contributed by atoms with Gasteiger partial charge in [0.05, 0.1) is 0 Å². The number of nitrogens with one attached hydrogen (secondary N) is 1. The van der Waals surface area contributed by atoms with E-state index in [0.29, 0.717) is 17.9 Å². The van der Waals surface area contributed by atoms with Gasteiger partial charge in [-0.25, -0.2) is 0 Å². The third-order valence-electron chi connectivity index (χ3n) is 2.23. The van der Waals surface area contributed by atoms with Crippen LogP contribution in [0.15, 0.2) is 34.7 Å². The highest BCUT2D eigenvalue weighted by Gasteiger charge is 2.11. The van der Waals surface area contributed by atoms with E-state index in [1.807, 2.05) is 31.2 Å². The molecule has 2 rings (SSSR count).